The second-order valence-corrected chi connectivity index (χ2v) is 1.69. The van der Waals surface area contributed by atoms with Crippen LogP contribution in [-0.2, 0) is 0 Å². The number of aliphatic hydroxyl groups is 2. The Hall–Kier alpha value is -0.360. The summed E-state index contributed by atoms with van der Waals surface area (Å²) in [5, 5.41) is 15.8. The Morgan fingerprint density at radius 1 is 1.30 bits per heavy atom. The highest BCUT2D eigenvalue weighted by molar-refractivity contribution is 4.73. The van der Waals surface area contributed by atoms with Crippen molar-refractivity contribution in [3.63, 3.8) is 0 Å². The van der Waals surface area contributed by atoms with Crippen LogP contribution >= 0.6 is 0 Å². The van der Waals surface area contributed by atoms with Crippen LogP contribution in [-0.4, -0.2) is 35.3 Å². The van der Waals surface area contributed by atoms with Crippen LogP contribution < -0.4 is 0 Å². The Kier molecular flexibility index (Phi) is 3.04. The maximum atomic E-state index is 11.8. The zero-order chi connectivity index (χ0) is 8.36. The van der Waals surface area contributed by atoms with E-state index < -0.39 is 25.1 Å². The van der Waals surface area contributed by atoms with E-state index in [0.29, 0.717) is 0 Å². The third-order valence-corrected chi connectivity index (χ3v) is 0.852. The number of aliphatic hydroxyl groups excluding tert-OH is 2. The molecule has 0 saturated carbocycles. The van der Waals surface area contributed by atoms with Gasteiger partial charge in [-0.25, -0.2) is 4.39 Å². The average Bonchev–Trinajstić information content (AvgIpc) is 1.83. The molecule has 0 spiro atoms. The number of alkyl halides is 4. The standard InChI is InChI=1S/C4H6F4O2/c5-2(1-9)3(10)4(6,7)8/h2-3,9-10H,1H2. The van der Waals surface area contributed by atoms with Gasteiger partial charge in [-0.05, 0) is 0 Å². The van der Waals surface area contributed by atoms with E-state index in [4.69, 9.17) is 10.2 Å². The summed E-state index contributed by atoms with van der Waals surface area (Å²) in [5.74, 6) is 0. The third-order valence-electron chi connectivity index (χ3n) is 0.852. The van der Waals surface area contributed by atoms with Gasteiger partial charge in [-0.3, -0.25) is 0 Å². The molecule has 0 bridgehead atoms. The molecule has 0 radical (unpaired) electrons. The second kappa shape index (κ2) is 3.16. The monoisotopic (exact) mass is 162 g/mol. The first-order valence-corrected chi connectivity index (χ1v) is 2.39. The van der Waals surface area contributed by atoms with Gasteiger partial charge in [0.2, 0.25) is 0 Å². The molecule has 0 aromatic rings. The Labute approximate surface area is 54.1 Å². The summed E-state index contributed by atoms with van der Waals surface area (Å²) in [4.78, 5) is 0. The molecule has 6 heteroatoms. The molecule has 0 saturated heterocycles. The Balaban J connectivity index is 3.94. The Bertz CT molecular complexity index is 102. The first-order valence-electron chi connectivity index (χ1n) is 2.39. The summed E-state index contributed by atoms with van der Waals surface area (Å²) < 4.78 is 45.7. The summed E-state index contributed by atoms with van der Waals surface area (Å²) in [6.45, 7) is -1.33. The van der Waals surface area contributed by atoms with Gasteiger partial charge < -0.3 is 10.2 Å². The SMILES string of the molecule is OCC(F)C(O)C(F)(F)F. The first kappa shape index (κ1) is 9.64. The van der Waals surface area contributed by atoms with Crippen molar-refractivity contribution in [1.82, 2.24) is 0 Å². The van der Waals surface area contributed by atoms with E-state index in [-0.39, 0.29) is 0 Å². The van der Waals surface area contributed by atoms with Crippen molar-refractivity contribution in [3.8, 4) is 0 Å². The molecule has 0 aliphatic rings. The van der Waals surface area contributed by atoms with Crippen molar-refractivity contribution < 1.29 is 27.8 Å². The van der Waals surface area contributed by atoms with Gasteiger partial charge in [-0.15, -0.1) is 0 Å². The van der Waals surface area contributed by atoms with Crippen LogP contribution in [0.3, 0.4) is 0 Å². The van der Waals surface area contributed by atoms with Gasteiger partial charge in [0.05, 0.1) is 6.61 Å². The third kappa shape index (κ3) is 2.49. The maximum Gasteiger partial charge on any atom is 0.417 e. The zero-order valence-electron chi connectivity index (χ0n) is 4.77. The summed E-state index contributed by atoms with van der Waals surface area (Å²) >= 11 is 0. The largest absolute Gasteiger partial charge is 0.417 e. The van der Waals surface area contributed by atoms with E-state index in [0.717, 1.165) is 0 Å². The number of halogens is 4. The lowest BCUT2D eigenvalue weighted by molar-refractivity contribution is -0.224. The predicted molar refractivity (Wildman–Crippen MR) is 24.0 cm³/mol. The molecule has 2 nitrogen and oxygen atoms in total. The molecule has 0 aliphatic heterocycles. The molecular weight excluding hydrogens is 156 g/mol. The van der Waals surface area contributed by atoms with E-state index in [1.165, 1.54) is 0 Å². The smallest absolute Gasteiger partial charge is 0.393 e. The molecule has 0 heterocycles. The molecule has 0 aromatic heterocycles. The zero-order valence-corrected chi connectivity index (χ0v) is 4.77. The molecule has 0 aliphatic carbocycles. The summed E-state index contributed by atoms with van der Waals surface area (Å²) in [6, 6.07) is 0. The van der Waals surface area contributed by atoms with Gasteiger partial charge in [0, 0.05) is 0 Å². The van der Waals surface area contributed by atoms with Gasteiger partial charge in [0.15, 0.2) is 12.3 Å². The molecular formula is C4H6F4O2. The van der Waals surface area contributed by atoms with Crippen LogP contribution in [0.15, 0.2) is 0 Å². The van der Waals surface area contributed by atoms with E-state index >= 15 is 0 Å². The molecule has 2 N–H and O–H groups in total. The quantitative estimate of drug-likeness (QED) is 0.571. The fourth-order valence-electron chi connectivity index (χ4n) is 0.305. The van der Waals surface area contributed by atoms with Crippen molar-refractivity contribution in [1.29, 1.82) is 0 Å². The molecule has 10 heavy (non-hydrogen) atoms. The summed E-state index contributed by atoms with van der Waals surface area (Å²) in [5.41, 5.74) is 0. The van der Waals surface area contributed by atoms with Crippen LogP contribution in [0.25, 0.3) is 0 Å². The predicted octanol–water partition coefficient (Wildman–Crippen LogP) is 0.240. The number of rotatable bonds is 2. The molecule has 0 aromatic carbocycles. The van der Waals surface area contributed by atoms with Crippen LogP contribution in [0, 0.1) is 0 Å². The first-order chi connectivity index (χ1) is 4.39. The number of hydrogen-bond donors (Lipinski definition) is 2. The van der Waals surface area contributed by atoms with E-state index in [2.05, 4.69) is 0 Å². The molecule has 62 valence electrons. The Morgan fingerprint density at radius 2 is 1.70 bits per heavy atom. The average molecular weight is 162 g/mol. The van der Waals surface area contributed by atoms with Crippen molar-refractivity contribution >= 4 is 0 Å². The van der Waals surface area contributed by atoms with Gasteiger partial charge in [0.25, 0.3) is 0 Å². The van der Waals surface area contributed by atoms with E-state index in [9.17, 15) is 17.6 Å². The van der Waals surface area contributed by atoms with E-state index in [1.54, 1.807) is 0 Å². The lowest BCUT2D eigenvalue weighted by atomic mass is 10.2. The highest BCUT2D eigenvalue weighted by Crippen LogP contribution is 2.23. The van der Waals surface area contributed by atoms with Crippen LogP contribution in [0.5, 0.6) is 0 Å². The second-order valence-electron chi connectivity index (χ2n) is 1.69. The minimum absolute atomic E-state index is 1.33. The van der Waals surface area contributed by atoms with Gasteiger partial charge in [0.1, 0.15) is 0 Å². The molecule has 0 amide bonds. The van der Waals surface area contributed by atoms with Crippen molar-refractivity contribution in [2.45, 2.75) is 18.5 Å². The van der Waals surface area contributed by atoms with Gasteiger partial charge >= 0.3 is 6.18 Å². The van der Waals surface area contributed by atoms with Gasteiger partial charge in [-0.1, -0.05) is 0 Å². The molecule has 0 rings (SSSR count). The fraction of sp³-hybridized carbons (Fsp3) is 1.00. The molecule has 2 atom stereocenters. The summed E-state index contributed by atoms with van der Waals surface area (Å²) in [7, 11) is 0. The molecule has 0 fully saturated rings. The lowest BCUT2D eigenvalue weighted by Crippen LogP contribution is -2.39. The van der Waals surface area contributed by atoms with Crippen molar-refractivity contribution in [3.05, 3.63) is 0 Å². The van der Waals surface area contributed by atoms with Crippen molar-refractivity contribution in [2.75, 3.05) is 6.61 Å². The van der Waals surface area contributed by atoms with Crippen LogP contribution in [0.1, 0.15) is 0 Å². The van der Waals surface area contributed by atoms with Gasteiger partial charge in [-0.2, -0.15) is 13.2 Å². The highest BCUT2D eigenvalue weighted by Gasteiger charge is 2.43. The fourth-order valence-corrected chi connectivity index (χ4v) is 0.305. The Morgan fingerprint density at radius 3 is 1.80 bits per heavy atom. The summed E-state index contributed by atoms with van der Waals surface area (Å²) in [6.07, 6.45) is -10.7. The number of hydrogen-bond acceptors (Lipinski definition) is 2. The van der Waals surface area contributed by atoms with E-state index in [1.807, 2.05) is 0 Å². The van der Waals surface area contributed by atoms with Crippen molar-refractivity contribution in [2.24, 2.45) is 0 Å². The van der Waals surface area contributed by atoms with Crippen LogP contribution in [0.4, 0.5) is 17.6 Å². The minimum Gasteiger partial charge on any atom is -0.393 e. The normalized spacial score (nSPS) is 18.6. The molecule has 2 unspecified atom stereocenters. The maximum absolute atomic E-state index is 11.8. The highest BCUT2D eigenvalue weighted by atomic mass is 19.4. The topological polar surface area (TPSA) is 40.5 Å². The van der Waals surface area contributed by atoms with Crippen LogP contribution in [0.2, 0.25) is 0 Å². The minimum atomic E-state index is -5.00. The lowest BCUT2D eigenvalue weighted by Gasteiger charge is -2.16.